The normalized spacial score (nSPS) is 13.0. The van der Waals surface area contributed by atoms with E-state index in [0.29, 0.717) is 11.6 Å². The Morgan fingerprint density at radius 3 is 2.25 bits per heavy atom. The first-order valence-corrected chi connectivity index (χ1v) is 8.74. The van der Waals surface area contributed by atoms with Crippen molar-refractivity contribution in [2.75, 3.05) is 5.73 Å². The van der Waals surface area contributed by atoms with Gasteiger partial charge in [-0.15, -0.1) is 7.53 Å². The summed E-state index contributed by atoms with van der Waals surface area (Å²) >= 11 is 0. The monoisotopic (exact) mass is 283 g/mol. The molecule has 1 unspecified atom stereocenters. The maximum absolute atomic E-state index is 6.56. The van der Waals surface area contributed by atoms with E-state index in [4.69, 9.17) is 5.73 Å². The molecule has 2 N–H and O–H groups in total. The van der Waals surface area contributed by atoms with Crippen LogP contribution in [0.4, 0.5) is 5.69 Å². The van der Waals surface area contributed by atoms with Crippen molar-refractivity contribution in [1.29, 1.82) is 0 Å². The molecule has 20 heavy (non-hydrogen) atoms. The molecule has 3 aromatic rings. The predicted octanol–water partition coefficient (Wildman–Crippen LogP) is 6.27. The van der Waals surface area contributed by atoms with Gasteiger partial charge in [0.2, 0.25) is 0 Å². The zero-order valence-corrected chi connectivity index (χ0v) is 13.5. The Bertz CT molecular complexity index is 781. The lowest BCUT2D eigenvalue weighted by atomic mass is 9.99. The number of fused-ring (bicyclic) bond motifs is 3. The molecule has 0 aliphatic rings. The summed E-state index contributed by atoms with van der Waals surface area (Å²) in [4.78, 5) is 0. The first-order chi connectivity index (χ1) is 9.52. The Balaban J connectivity index is 2.54. The fourth-order valence-corrected chi connectivity index (χ4v) is 6.03. The molecule has 0 fully saturated rings. The van der Waals surface area contributed by atoms with E-state index in [1.807, 2.05) is 0 Å². The molecule has 3 rings (SSSR count). The Hall–Kier alpha value is -1.46. The molecule has 0 saturated carbocycles. The molecule has 1 heterocycles. The van der Waals surface area contributed by atoms with Crippen LogP contribution in [-0.2, 0) is 0 Å². The number of hydrogen-bond donors (Lipinski definition) is 1. The van der Waals surface area contributed by atoms with Gasteiger partial charge >= 0.3 is 0 Å². The Morgan fingerprint density at radius 2 is 1.60 bits per heavy atom. The maximum Gasteiger partial charge on any atom is 0.0469 e. The molecule has 0 spiro atoms. The zero-order valence-electron chi connectivity index (χ0n) is 12.6. The number of rotatable bonds is 2. The van der Waals surface area contributed by atoms with Gasteiger partial charge in [-0.1, -0.05) is 64.1 Å². The largest absolute Gasteiger partial charge is 0.398 e. The van der Waals surface area contributed by atoms with E-state index >= 15 is 0 Å². The molecule has 0 amide bonds. The van der Waals surface area contributed by atoms with Crippen molar-refractivity contribution in [3.63, 3.8) is 0 Å². The zero-order chi connectivity index (χ0) is 14.4. The van der Waals surface area contributed by atoms with E-state index in [1.165, 1.54) is 26.6 Å². The third-order valence-electron chi connectivity index (χ3n) is 4.08. The Kier molecular flexibility index (Phi) is 3.26. The number of anilines is 1. The summed E-state index contributed by atoms with van der Waals surface area (Å²) in [6.07, 6.45) is 0. The first kappa shape index (κ1) is 13.5. The lowest BCUT2D eigenvalue weighted by molar-refractivity contribution is 0.872. The molecule has 104 valence electrons. The van der Waals surface area contributed by atoms with Crippen molar-refractivity contribution in [3.8, 4) is 0 Å². The van der Waals surface area contributed by atoms with E-state index < -0.39 is 0 Å². The number of nitrogens with two attached hydrogens (primary N) is 1. The highest BCUT2D eigenvalue weighted by molar-refractivity contribution is 7.62. The van der Waals surface area contributed by atoms with Crippen LogP contribution in [0.3, 0.4) is 0 Å². The van der Waals surface area contributed by atoms with Crippen LogP contribution < -0.4 is 5.73 Å². The topological polar surface area (TPSA) is 26.0 Å². The van der Waals surface area contributed by atoms with Crippen LogP contribution in [0, 0.1) is 0 Å². The second kappa shape index (κ2) is 4.82. The highest BCUT2D eigenvalue weighted by atomic mass is 31.1. The molecule has 0 saturated heterocycles. The quantitative estimate of drug-likeness (QED) is 0.551. The fourth-order valence-electron chi connectivity index (χ4n) is 3.17. The molecule has 1 aromatic heterocycles. The molecule has 1 atom stereocenters. The van der Waals surface area contributed by atoms with E-state index in [-0.39, 0.29) is 7.53 Å². The van der Waals surface area contributed by atoms with Crippen molar-refractivity contribution < 1.29 is 0 Å². The standard InChI is InChI=1S/C18H22NP/c1-11(2)13-9-10-15-14-7-5-6-8-16(14)20(12(3)4)18(15)17(13)19/h5-12H,19H2,1-4H3. The molecular formula is C18H22NP. The molecule has 2 heteroatoms. The molecule has 0 radical (unpaired) electrons. The van der Waals surface area contributed by atoms with Gasteiger partial charge in [0.25, 0.3) is 0 Å². The second-order valence-corrected chi connectivity index (χ2v) is 8.80. The van der Waals surface area contributed by atoms with Crippen molar-refractivity contribution in [1.82, 2.24) is 0 Å². The van der Waals surface area contributed by atoms with Gasteiger partial charge in [-0.25, -0.2) is 0 Å². The molecule has 0 bridgehead atoms. The summed E-state index contributed by atoms with van der Waals surface area (Å²) in [5, 5.41) is 5.68. The van der Waals surface area contributed by atoms with Gasteiger partial charge in [-0.2, -0.15) is 0 Å². The third-order valence-corrected chi connectivity index (χ3v) is 6.99. The third kappa shape index (κ3) is 1.84. The minimum absolute atomic E-state index is 0.323. The summed E-state index contributed by atoms with van der Waals surface area (Å²) in [5.41, 5.74) is 9.51. The van der Waals surface area contributed by atoms with Crippen LogP contribution in [0.25, 0.3) is 21.0 Å². The van der Waals surface area contributed by atoms with Crippen LogP contribution >= 0.6 is 7.53 Å². The van der Waals surface area contributed by atoms with Crippen molar-refractivity contribution in [3.05, 3.63) is 42.0 Å². The second-order valence-electron chi connectivity index (χ2n) is 6.10. The van der Waals surface area contributed by atoms with Gasteiger partial charge in [-0.05, 0) is 27.9 Å². The highest BCUT2D eigenvalue weighted by Gasteiger charge is 2.18. The van der Waals surface area contributed by atoms with E-state index in [0.717, 1.165) is 5.69 Å². The summed E-state index contributed by atoms with van der Waals surface area (Å²) in [6.45, 7) is 9.08. The number of hydrogen-bond acceptors (Lipinski definition) is 1. The van der Waals surface area contributed by atoms with Crippen LogP contribution in [-0.4, -0.2) is 0 Å². The van der Waals surface area contributed by atoms with Gasteiger partial charge in [0.1, 0.15) is 0 Å². The average molecular weight is 283 g/mol. The van der Waals surface area contributed by atoms with Gasteiger partial charge in [0.15, 0.2) is 0 Å². The van der Waals surface area contributed by atoms with Crippen LogP contribution in [0.2, 0.25) is 0 Å². The predicted molar refractivity (Wildman–Crippen MR) is 93.0 cm³/mol. The van der Waals surface area contributed by atoms with Gasteiger partial charge in [-0.3, -0.25) is 0 Å². The Morgan fingerprint density at radius 1 is 0.900 bits per heavy atom. The summed E-state index contributed by atoms with van der Waals surface area (Å²) in [6, 6.07) is 13.3. The fraction of sp³-hybridized carbons (Fsp3) is 0.333. The Labute approximate surface area is 121 Å². The minimum Gasteiger partial charge on any atom is -0.398 e. The summed E-state index contributed by atoms with van der Waals surface area (Å²) in [5.74, 6) is 0.480. The molecule has 1 nitrogen and oxygen atoms in total. The minimum atomic E-state index is -0.323. The summed E-state index contributed by atoms with van der Waals surface area (Å²) in [7, 11) is -0.323. The van der Waals surface area contributed by atoms with Gasteiger partial charge in [0.05, 0.1) is 0 Å². The lowest BCUT2D eigenvalue weighted by Crippen LogP contribution is -1.96. The molecule has 0 aliphatic carbocycles. The summed E-state index contributed by atoms with van der Waals surface area (Å²) < 4.78 is 0. The van der Waals surface area contributed by atoms with E-state index in [9.17, 15) is 0 Å². The van der Waals surface area contributed by atoms with Crippen LogP contribution in [0.15, 0.2) is 36.4 Å². The van der Waals surface area contributed by atoms with E-state index in [1.54, 1.807) is 0 Å². The smallest absolute Gasteiger partial charge is 0.0469 e. The number of benzene rings is 2. The van der Waals surface area contributed by atoms with Crippen LogP contribution in [0.1, 0.15) is 44.8 Å². The average Bonchev–Trinajstić information content (AvgIpc) is 2.74. The highest BCUT2D eigenvalue weighted by Crippen LogP contribution is 2.57. The maximum atomic E-state index is 6.56. The SMILES string of the molecule is CC(C)c1ccc2c3ccccc3p(C(C)C)c2c1N. The molecular weight excluding hydrogens is 261 g/mol. The van der Waals surface area contributed by atoms with Crippen molar-refractivity contribution in [2.24, 2.45) is 0 Å². The lowest BCUT2D eigenvalue weighted by Gasteiger charge is -2.14. The van der Waals surface area contributed by atoms with Crippen molar-refractivity contribution in [2.45, 2.75) is 39.3 Å². The number of nitrogen functional groups attached to an aromatic ring is 1. The molecule has 2 aromatic carbocycles. The first-order valence-electron chi connectivity index (χ1n) is 7.33. The van der Waals surface area contributed by atoms with E-state index in [2.05, 4.69) is 64.1 Å². The van der Waals surface area contributed by atoms with Crippen molar-refractivity contribution >= 4 is 34.2 Å². The van der Waals surface area contributed by atoms with Crippen LogP contribution in [0.5, 0.6) is 0 Å². The van der Waals surface area contributed by atoms with Gasteiger partial charge in [0, 0.05) is 15.9 Å². The van der Waals surface area contributed by atoms with Gasteiger partial charge < -0.3 is 5.73 Å². The molecule has 0 aliphatic heterocycles.